The number of halogens is 2. The fourth-order valence-corrected chi connectivity index (χ4v) is 1.29. The first-order valence-electron chi connectivity index (χ1n) is 3.99. The zero-order chi connectivity index (χ0) is 9.68. The molecule has 0 aromatic heterocycles. The standard InChI is InChI=1S/C10H11Cl2N/c1-2-5-13-7-8-3-4-9(11)10(12)6-8/h2-4,6,13H,1,5,7H2. The molecule has 0 heterocycles. The highest BCUT2D eigenvalue weighted by atomic mass is 35.5. The minimum atomic E-state index is 0.592. The predicted molar refractivity (Wildman–Crippen MR) is 58.4 cm³/mol. The third-order valence-electron chi connectivity index (χ3n) is 1.60. The van der Waals surface area contributed by atoms with E-state index in [0.717, 1.165) is 18.7 Å². The maximum atomic E-state index is 5.85. The Bertz CT molecular complexity index is 297. The van der Waals surface area contributed by atoms with E-state index in [0.29, 0.717) is 10.0 Å². The van der Waals surface area contributed by atoms with E-state index in [1.54, 1.807) is 6.07 Å². The fourth-order valence-electron chi connectivity index (χ4n) is 0.968. The molecule has 0 saturated carbocycles. The molecule has 0 bridgehead atoms. The Kier molecular flexibility index (Phi) is 4.29. The van der Waals surface area contributed by atoms with Gasteiger partial charge in [-0.2, -0.15) is 0 Å². The van der Waals surface area contributed by atoms with E-state index in [1.807, 2.05) is 18.2 Å². The van der Waals surface area contributed by atoms with Gasteiger partial charge in [0.15, 0.2) is 0 Å². The van der Waals surface area contributed by atoms with Crippen molar-refractivity contribution in [2.45, 2.75) is 6.54 Å². The van der Waals surface area contributed by atoms with E-state index in [2.05, 4.69) is 11.9 Å². The lowest BCUT2D eigenvalue weighted by molar-refractivity contribution is 0.760. The summed E-state index contributed by atoms with van der Waals surface area (Å²) in [5.41, 5.74) is 1.12. The fraction of sp³-hybridized carbons (Fsp3) is 0.200. The molecule has 0 atom stereocenters. The van der Waals surface area contributed by atoms with E-state index in [4.69, 9.17) is 23.2 Å². The van der Waals surface area contributed by atoms with Crippen molar-refractivity contribution in [3.63, 3.8) is 0 Å². The zero-order valence-electron chi connectivity index (χ0n) is 7.19. The zero-order valence-corrected chi connectivity index (χ0v) is 8.70. The second-order valence-corrected chi connectivity index (χ2v) is 3.48. The van der Waals surface area contributed by atoms with Crippen molar-refractivity contribution in [2.75, 3.05) is 6.54 Å². The van der Waals surface area contributed by atoms with Crippen LogP contribution in [0.15, 0.2) is 30.9 Å². The molecule has 1 aromatic carbocycles. The number of nitrogens with one attached hydrogen (secondary N) is 1. The van der Waals surface area contributed by atoms with Crippen LogP contribution < -0.4 is 5.32 Å². The summed E-state index contributed by atoms with van der Waals surface area (Å²) in [6.07, 6.45) is 1.82. The van der Waals surface area contributed by atoms with Crippen molar-refractivity contribution in [3.05, 3.63) is 46.5 Å². The minimum absolute atomic E-state index is 0.592. The summed E-state index contributed by atoms with van der Waals surface area (Å²) < 4.78 is 0. The van der Waals surface area contributed by atoms with Crippen LogP contribution in [0, 0.1) is 0 Å². The molecule has 13 heavy (non-hydrogen) atoms. The summed E-state index contributed by atoms with van der Waals surface area (Å²) in [4.78, 5) is 0. The third kappa shape index (κ3) is 3.39. The third-order valence-corrected chi connectivity index (χ3v) is 2.34. The van der Waals surface area contributed by atoms with Crippen molar-refractivity contribution in [1.82, 2.24) is 5.32 Å². The summed E-state index contributed by atoms with van der Waals surface area (Å²) in [6.45, 7) is 5.19. The lowest BCUT2D eigenvalue weighted by atomic mass is 10.2. The normalized spacial score (nSPS) is 10.0. The Morgan fingerprint density at radius 2 is 2.08 bits per heavy atom. The molecular weight excluding hydrogens is 205 g/mol. The molecule has 1 N–H and O–H groups in total. The average molecular weight is 216 g/mol. The smallest absolute Gasteiger partial charge is 0.0595 e. The van der Waals surface area contributed by atoms with Gasteiger partial charge in [-0.1, -0.05) is 35.3 Å². The van der Waals surface area contributed by atoms with Crippen molar-refractivity contribution in [2.24, 2.45) is 0 Å². The monoisotopic (exact) mass is 215 g/mol. The highest BCUT2D eigenvalue weighted by Crippen LogP contribution is 2.22. The van der Waals surface area contributed by atoms with Crippen LogP contribution >= 0.6 is 23.2 Å². The van der Waals surface area contributed by atoms with Gasteiger partial charge in [0.1, 0.15) is 0 Å². The van der Waals surface area contributed by atoms with E-state index in [9.17, 15) is 0 Å². The Hall–Kier alpha value is -0.500. The highest BCUT2D eigenvalue weighted by molar-refractivity contribution is 6.42. The summed E-state index contributed by atoms with van der Waals surface area (Å²) >= 11 is 11.6. The van der Waals surface area contributed by atoms with E-state index in [-0.39, 0.29) is 0 Å². The molecule has 1 rings (SSSR count). The second-order valence-electron chi connectivity index (χ2n) is 2.67. The second kappa shape index (κ2) is 5.28. The van der Waals surface area contributed by atoms with Crippen molar-refractivity contribution in [1.29, 1.82) is 0 Å². The van der Waals surface area contributed by atoms with Crippen molar-refractivity contribution < 1.29 is 0 Å². The van der Waals surface area contributed by atoms with E-state index in [1.165, 1.54) is 0 Å². The first kappa shape index (κ1) is 10.6. The largest absolute Gasteiger partial charge is 0.309 e. The molecule has 0 aliphatic rings. The van der Waals surface area contributed by atoms with E-state index >= 15 is 0 Å². The van der Waals surface area contributed by atoms with Crippen LogP contribution in [0.2, 0.25) is 10.0 Å². The minimum Gasteiger partial charge on any atom is -0.309 e. The molecule has 0 radical (unpaired) electrons. The van der Waals surface area contributed by atoms with Crippen LogP contribution in [0.1, 0.15) is 5.56 Å². The van der Waals surface area contributed by atoms with Gasteiger partial charge in [-0.3, -0.25) is 0 Å². The predicted octanol–water partition coefficient (Wildman–Crippen LogP) is 3.27. The molecule has 0 spiro atoms. The Morgan fingerprint density at radius 1 is 1.31 bits per heavy atom. The van der Waals surface area contributed by atoms with Crippen LogP contribution in [0.5, 0.6) is 0 Å². The molecule has 3 heteroatoms. The molecule has 0 unspecified atom stereocenters. The SMILES string of the molecule is C=CCNCc1ccc(Cl)c(Cl)c1. The molecule has 1 aromatic rings. The van der Waals surface area contributed by atoms with Gasteiger partial charge in [0.05, 0.1) is 10.0 Å². The molecular formula is C10H11Cl2N. The molecule has 1 nitrogen and oxygen atoms in total. The van der Waals surface area contributed by atoms with Gasteiger partial charge in [-0.15, -0.1) is 6.58 Å². The highest BCUT2D eigenvalue weighted by Gasteiger charge is 1.98. The molecule has 0 aliphatic carbocycles. The lowest BCUT2D eigenvalue weighted by Gasteiger charge is -2.03. The average Bonchev–Trinajstić information content (AvgIpc) is 2.12. The number of rotatable bonds is 4. The van der Waals surface area contributed by atoms with Crippen molar-refractivity contribution >= 4 is 23.2 Å². The first-order chi connectivity index (χ1) is 6.24. The summed E-state index contributed by atoms with van der Waals surface area (Å²) in [6, 6.07) is 5.61. The van der Waals surface area contributed by atoms with Gasteiger partial charge in [0, 0.05) is 13.1 Å². The number of benzene rings is 1. The molecule has 0 fully saturated rings. The lowest BCUT2D eigenvalue weighted by Crippen LogP contribution is -2.12. The summed E-state index contributed by atoms with van der Waals surface area (Å²) in [5, 5.41) is 4.37. The molecule has 0 saturated heterocycles. The van der Waals surface area contributed by atoms with Crippen LogP contribution in [0.25, 0.3) is 0 Å². The quantitative estimate of drug-likeness (QED) is 0.601. The number of hydrogen-bond acceptors (Lipinski definition) is 1. The van der Waals surface area contributed by atoms with Crippen LogP contribution in [-0.2, 0) is 6.54 Å². The number of hydrogen-bond donors (Lipinski definition) is 1. The topological polar surface area (TPSA) is 12.0 Å². The van der Waals surface area contributed by atoms with Gasteiger partial charge in [0.2, 0.25) is 0 Å². The summed E-state index contributed by atoms with van der Waals surface area (Å²) in [5.74, 6) is 0. The van der Waals surface area contributed by atoms with Crippen LogP contribution in [0.4, 0.5) is 0 Å². The van der Waals surface area contributed by atoms with Crippen LogP contribution in [0.3, 0.4) is 0 Å². The molecule has 0 aliphatic heterocycles. The Labute approximate surface area is 88.4 Å². The summed E-state index contributed by atoms with van der Waals surface area (Å²) in [7, 11) is 0. The Balaban J connectivity index is 2.57. The maximum absolute atomic E-state index is 5.85. The molecule has 70 valence electrons. The van der Waals surface area contributed by atoms with Gasteiger partial charge >= 0.3 is 0 Å². The molecule has 0 amide bonds. The van der Waals surface area contributed by atoms with Gasteiger partial charge in [-0.05, 0) is 17.7 Å². The van der Waals surface area contributed by atoms with Gasteiger partial charge in [0.25, 0.3) is 0 Å². The Morgan fingerprint density at radius 3 is 2.69 bits per heavy atom. The van der Waals surface area contributed by atoms with Gasteiger partial charge < -0.3 is 5.32 Å². The maximum Gasteiger partial charge on any atom is 0.0595 e. The van der Waals surface area contributed by atoms with Crippen LogP contribution in [-0.4, -0.2) is 6.54 Å². The van der Waals surface area contributed by atoms with Crippen molar-refractivity contribution in [3.8, 4) is 0 Å². The first-order valence-corrected chi connectivity index (χ1v) is 4.75. The van der Waals surface area contributed by atoms with Gasteiger partial charge in [-0.25, -0.2) is 0 Å². The van der Waals surface area contributed by atoms with E-state index < -0.39 is 0 Å².